The van der Waals surface area contributed by atoms with Crippen LogP contribution in [-0.2, 0) is 5.92 Å². The highest BCUT2D eigenvalue weighted by Crippen LogP contribution is 2.30. The Morgan fingerprint density at radius 3 is 2.68 bits per heavy atom. The number of piperidine rings is 1. The number of nitrogens with zero attached hydrogens (tertiary/aromatic N) is 5. The number of aryl methyl sites for hydroxylation is 1. The van der Waals surface area contributed by atoms with Gasteiger partial charge in [-0.05, 0) is 37.5 Å². The topological polar surface area (TPSA) is 60.9 Å². The molecule has 0 bridgehead atoms. The number of alkyl halides is 2. The molecule has 1 fully saturated rings. The Kier molecular flexibility index (Phi) is 4.97. The molecule has 0 amide bonds. The third kappa shape index (κ3) is 3.69. The van der Waals surface area contributed by atoms with Gasteiger partial charge >= 0.3 is 5.92 Å². The van der Waals surface area contributed by atoms with E-state index in [9.17, 15) is 8.78 Å². The van der Waals surface area contributed by atoms with E-state index in [1.54, 1.807) is 12.4 Å². The summed E-state index contributed by atoms with van der Waals surface area (Å²) >= 11 is 0. The lowest BCUT2D eigenvalue weighted by Gasteiger charge is -2.38. The summed E-state index contributed by atoms with van der Waals surface area (Å²) in [6, 6.07) is 5.33. The lowest BCUT2D eigenvalue weighted by atomic mass is 10.0. The molecule has 0 atom stereocenters. The second-order valence-corrected chi connectivity index (χ2v) is 7.48. The van der Waals surface area contributed by atoms with E-state index in [-0.39, 0.29) is 18.3 Å². The maximum absolute atomic E-state index is 14.6. The van der Waals surface area contributed by atoms with Crippen molar-refractivity contribution in [2.24, 2.45) is 0 Å². The molecule has 0 aliphatic carbocycles. The number of aromatic amines is 1. The molecule has 4 heterocycles. The fourth-order valence-corrected chi connectivity index (χ4v) is 3.82. The Morgan fingerprint density at radius 1 is 1.18 bits per heavy atom. The van der Waals surface area contributed by atoms with Crippen LogP contribution in [0.3, 0.4) is 0 Å². The number of fused-ring (bicyclic) bond motifs is 1. The second-order valence-electron chi connectivity index (χ2n) is 7.48. The summed E-state index contributed by atoms with van der Waals surface area (Å²) in [5.74, 6) is -2.07. The maximum Gasteiger partial charge on any atom is 0.302 e. The summed E-state index contributed by atoms with van der Waals surface area (Å²) < 4.78 is 29.2. The van der Waals surface area contributed by atoms with Crippen molar-refractivity contribution in [2.45, 2.75) is 31.7 Å². The van der Waals surface area contributed by atoms with E-state index >= 15 is 0 Å². The number of pyridine rings is 1. The van der Waals surface area contributed by atoms with Gasteiger partial charge in [0.1, 0.15) is 23.5 Å². The summed E-state index contributed by atoms with van der Waals surface area (Å²) in [6.07, 6.45) is 6.51. The Hall–Kier alpha value is -2.61. The van der Waals surface area contributed by atoms with Gasteiger partial charge in [0.25, 0.3) is 0 Å². The van der Waals surface area contributed by atoms with Gasteiger partial charge in [-0.15, -0.1) is 0 Å². The molecule has 0 radical (unpaired) electrons. The zero-order valence-electron chi connectivity index (χ0n) is 16.1. The van der Waals surface area contributed by atoms with E-state index in [2.05, 4.69) is 24.8 Å². The molecule has 8 heteroatoms. The Labute approximate surface area is 162 Å². The van der Waals surface area contributed by atoms with Crippen LogP contribution in [0.2, 0.25) is 0 Å². The molecule has 0 aromatic carbocycles. The van der Waals surface area contributed by atoms with Crippen LogP contribution in [0.15, 0.2) is 36.9 Å². The van der Waals surface area contributed by atoms with Crippen LogP contribution in [0.1, 0.15) is 24.1 Å². The number of hydrogen-bond donors (Lipinski definition) is 1. The summed E-state index contributed by atoms with van der Waals surface area (Å²) in [6.45, 7) is 2.79. The molecule has 3 aromatic rings. The monoisotopic (exact) mass is 386 g/mol. The van der Waals surface area contributed by atoms with Gasteiger partial charge in [-0.2, -0.15) is 8.78 Å². The Morgan fingerprint density at radius 2 is 1.96 bits per heavy atom. The summed E-state index contributed by atoms with van der Waals surface area (Å²) in [4.78, 5) is 19.7. The van der Waals surface area contributed by atoms with Crippen LogP contribution < -0.4 is 4.90 Å². The first-order valence-corrected chi connectivity index (χ1v) is 9.48. The highest BCUT2D eigenvalue weighted by Gasteiger charge is 2.37. The number of hydrogen-bond acceptors (Lipinski definition) is 5. The lowest BCUT2D eigenvalue weighted by molar-refractivity contribution is -0.0461. The van der Waals surface area contributed by atoms with Gasteiger partial charge < -0.3 is 9.88 Å². The van der Waals surface area contributed by atoms with Crippen molar-refractivity contribution in [3.63, 3.8) is 0 Å². The smallest absolute Gasteiger partial charge is 0.302 e. The fourth-order valence-electron chi connectivity index (χ4n) is 3.82. The van der Waals surface area contributed by atoms with Crippen LogP contribution in [0.5, 0.6) is 0 Å². The summed E-state index contributed by atoms with van der Waals surface area (Å²) in [7, 11) is 2.01. The highest BCUT2D eigenvalue weighted by atomic mass is 19.3. The lowest BCUT2D eigenvalue weighted by Crippen LogP contribution is -2.46. The zero-order chi connectivity index (χ0) is 19.7. The highest BCUT2D eigenvalue weighted by molar-refractivity contribution is 5.87. The van der Waals surface area contributed by atoms with Crippen LogP contribution in [0.25, 0.3) is 11.0 Å². The van der Waals surface area contributed by atoms with Gasteiger partial charge in [0, 0.05) is 38.6 Å². The van der Waals surface area contributed by atoms with Crippen LogP contribution >= 0.6 is 0 Å². The molecule has 148 valence electrons. The van der Waals surface area contributed by atoms with Gasteiger partial charge in [0.05, 0.1) is 11.9 Å². The third-order valence-electron chi connectivity index (χ3n) is 5.48. The van der Waals surface area contributed by atoms with Crippen molar-refractivity contribution in [3.8, 4) is 0 Å². The molecule has 1 N–H and O–H groups in total. The molecule has 1 saturated heterocycles. The standard InChI is InChI=1S/C20H24F2N6/c1-14-3-4-17(24-11-14)20(21,22)12-28-9-6-15(7-10-28)27(2)19-16-5-8-23-18(16)25-13-26-19/h3-5,8,11,13,15H,6-7,9-10,12H2,1-2H3,(H,23,25,26). The molecule has 0 spiro atoms. The van der Waals surface area contributed by atoms with E-state index in [1.807, 2.05) is 31.1 Å². The van der Waals surface area contributed by atoms with Crippen molar-refractivity contribution in [3.05, 3.63) is 48.2 Å². The molecule has 0 saturated carbocycles. The van der Waals surface area contributed by atoms with E-state index in [4.69, 9.17) is 0 Å². The van der Waals surface area contributed by atoms with Gasteiger partial charge in [-0.1, -0.05) is 6.07 Å². The summed E-state index contributed by atoms with van der Waals surface area (Å²) in [5.41, 5.74) is 1.53. The number of aromatic nitrogens is 4. The first kappa shape index (κ1) is 18.7. The Bertz CT molecular complexity index is 931. The van der Waals surface area contributed by atoms with Crippen molar-refractivity contribution < 1.29 is 8.78 Å². The molecule has 6 nitrogen and oxygen atoms in total. The van der Waals surface area contributed by atoms with Crippen molar-refractivity contribution in [1.29, 1.82) is 0 Å². The number of likely N-dealkylation sites (tertiary alicyclic amines) is 1. The van der Waals surface area contributed by atoms with E-state index < -0.39 is 5.92 Å². The van der Waals surface area contributed by atoms with Crippen LogP contribution in [0, 0.1) is 6.92 Å². The largest absolute Gasteiger partial charge is 0.356 e. The first-order valence-electron chi connectivity index (χ1n) is 9.48. The number of H-pyrrole nitrogens is 1. The normalized spacial score (nSPS) is 16.6. The van der Waals surface area contributed by atoms with E-state index in [0.717, 1.165) is 35.3 Å². The van der Waals surface area contributed by atoms with E-state index in [0.29, 0.717) is 13.1 Å². The van der Waals surface area contributed by atoms with Crippen molar-refractivity contribution in [2.75, 3.05) is 31.6 Å². The number of nitrogens with one attached hydrogen (secondary N) is 1. The molecule has 1 aliphatic heterocycles. The Balaban J connectivity index is 1.39. The molecule has 1 aliphatic rings. The summed E-state index contributed by atoms with van der Waals surface area (Å²) in [5, 5.41) is 0.976. The average Bonchev–Trinajstić information content (AvgIpc) is 3.17. The van der Waals surface area contributed by atoms with Crippen molar-refractivity contribution in [1.82, 2.24) is 24.8 Å². The predicted molar refractivity (Wildman–Crippen MR) is 105 cm³/mol. The van der Waals surface area contributed by atoms with Crippen LogP contribution in [-0.4, -0.2) is 57.6 Å². The zero-order valence-corrected chi connectivity index (χ0v) is 16.1. The predicted octanol–water partition coefficient (Wildman–Crippen LogP) is 3.35. The van der Waals surface area contributed by atoms with Crippen molar-refractivity contribution >= 4 is 16.9 Å². The minimum absolute atomic E-state index is 0.159. The molecule has 28 heavy (non-hydrogen) atoms. The first-order chi connectivity index (χ1) is 13.4. The minimum Gasteiger partial charge on any atom is -0.356 e. The molecule has 3 aromatic heterocycles. The fraction of sp³-hybridized carbons (Fsp3) is 0.450. The maximum atomic E-state index is 14.6. The number of halogens is 2. The molecule has 4 rings (SSSR count). The van der Waals surface area contributed by atoms with Gasteiger partial charge in [0.2, 0.25) is 0 Å². The SMILES string of the molecule is Cc1ccc(C(F)(F)CN2CCC(N(C)c3ncnc4[nH]ccc34)CC2)nc1. The third-order valence-corrected chi connectivity index (χ3v) is 5.48. The second kappa shape index (κ2) is 7.43. The molecular weight excluding hydrogens is 362 g/mol. The average molecular weight is 386 g/mol. The number of rotatable bonds is 5. The minimum atomic E-state index is -2.95. The van der Waals surface area contributed by atoms with Gasteiger partial charge in [0.15, 0.2) is 0 Å². The quantitative estimate of drug-likeness (QED) is 0.729. The van der Waals surface area contributed by atoms with Gasteiger partial charge in [-0.25, -0.2) is 9.97 Å². The van der Waals surface area contributed by atoms with Gasteiger partial charge in [-0.3, -0.25) is 9.88 Å². The molecule has 0 unspecified atom stereocenters. The van der Waals surface area contributed by atoms with E-state index in [1.165, 1.54) is 12.3 Å². The number of anilines is 1. The molecular formula is C20H24F2N6. The van der Waals surface area contributed by atoms with Crippen LogP contribution in [0.4, 0.5) is 14.6 Å².